The minimum atomic E-state index is -0.372. The van der Waals surface area contributed by atoms with Crippen molar-refractivity contribution in [1.29, 1.82) is 0 Å². The number of nitrogens with zero attached hydrogens (tertiary/aromatic N) is 5. The Labute approximate surface area is 182 Å². The Balaban J connectivity index is 1.18. The Morgan fingerprint density at radius 1 is 1.16 bits per heavy atom. The molecule has 0 radical (unpaired) electrons. The minimum Gasteiger partial charge on any atom is -0.447 e. The topological polar surface area (TPSA) is 78.3 Å². The van der Waals surface area contributed by atoms with Crippen LogP contribution in [0.2, 0.25) is 0 Å². The molecular weight excluding hydrogens is 394 g/mol. The highest BCUT2D eigenvalue weighted by atomic mass is 16.6. The summed E-state index contributed by atoms with van der Waals surface area (Å²) in [6.07, 6.45) is 6.29. The lowest BCUT2D eigenvalue weighted by Gasteiger charge is -2.37. The van der Waals surface area contributed by atoms with Crippen LogP contribution in [0.4, 0.5) is 10.5 Å². The van der Waals surface area contributed by atoms with E-state index in [-0.39, 0.29) is 18.0 Å². The number of carbonyl (C=O) groups is 2. The fourth-order valence-electron chi connectivity index (χ4n) is 4.74. The van der Waals surface area contributed by atoms with Crippen molar-refractivity contribution in [1.82, 2.24) is 14.8 Å². The summed E-state index contributed by atoms with van der Waals surface area (Å²) in [7, 11) is 0. The number of cyclic esters (lactones) is 1. The average Bonchev–Trinajstić information content (AvgIpc) is 3.58. The van der Waals surface area contributed by atoms with Gasteiger partial charge in [-0.3, -0.25) is 14.7 Å². The number of ether oxygens (including phenoxy) is 1. The third-order valence-electron chi connectivity index (χ3n) is 6.69. The number of carbonyl (C=O) groups excluding carboxylic acids is 2. The second kappa shape index (κ2) is 7.98. The van der Waals surface area contributed by atoms with Crippen LogP contribution in [0.5, 0.6) is 0 Å². The highest BCUT2D eigenvalue weighted by molar-refractivity contribution is 5.99. The Morgan fingerprint density at radius 2 is 1.94 bits per heavy atom. The first kappa shape index (κ1) is 20.0. The molecule has 4 aliphatic rings. The van der Waals surface area contributed by atoms with Crippen LogP contribution in [0.25, 0.3) is 0 Å². The lowest BCUT2D eigenvalue weighted by atomic mass is 9.97. The van der Waals surface area contributed by atoms with Crippen LogP contribution >= 0.6 is 0 Å². The van der Waals surface area contributed by atoms with Gasteiger partial charge in [0.15, 0.2) is 0 Å². The van der Waals surface area contributed by atoms with Crippen molar-refractivity contribution in [2.24, 2.45) is 16.8 Å². The molecule has 1 aromatic heterocycles. The Bertz CT molecular complexity index is 929. The number of amidine groups is 1. The number of pyridine rings is 1. The summed E-state index contributed by atoms with van der Waals surface area (Å²) in [5.41, 5.74) is 2.32. The molecular formula is C23H29N5O3. The number of hydrogen-bond acceptors (Lipinski definition) is 6. The molecule has 0 bridgehead atoms. The second-order valence-corrected chi connectivity index (χ2v) is 8.99. The average molecular weight is 424 g/mol. The highest BCUT2D eigenvalue weighted by Gasteiger charge is 2.34. The number of amides is 2. The van der Waals surface area contributed by atoms with Crippen molar-refractivity contribution in [3.63, 3.8) is 0 Å². The second-order valence-electron chi connectivity index (χ2n) is 8.99. The smallest absolute Gasteiger partial charge is 0.414 e. The van der Waals surface area contributed by atoms with Crippen LogP contribution in [0, 0.1) is 11.8 Å². The summed E-state index contributed by atoms with van der Waals surface area (Å²) in [5, 5.41) is 0. The van der Waals surface area contributed by atoms with Crippen molar-refractivity contribution >= 4 is 23.5 Å². The van der Waals surface area contributed by atoms with Crippen LogP contribution in [0.3, 0.4) is 0 Å². The number of piperazine rings is 1. The van der Waals surface area contributed by atoms with Crippen LogP contribution in [-0.2, 0) is 4.74 Å². The molecule has 2 atom stereocenters. The van der Waals surface area contributed by atoms with Crippen molar-refractivity contribution in [3.8, 4) is 0 Å². The third-order valence-corrected chi connectivity index (χ3v) is 6.69. The summed E-state index contributed by atoms with van der Waals surface area (Å²) in [5.74, 6) is 2.48. The number of aromatic nitrogens is 1. The van der Waals surface area contributed by atoms with E-state index in [1.165, 1.54) is 18.4 Å². The standard InChI is InChI=1S/C23H29N5O3/c1-15-11-18(17-3-4-17)12-25-21(15)26-7-9-27(10-8-26)22(29)20-6-5-19(13-24-20)28-16(2)14-31-23(28)30/h5-6,11,13,16-18H,3-4,7-10,12,14H2,1-2H3/t16-,18?/m1/s1. The Hall–Kier alpha value is -2.90. The summed E-state index contributed by atoms with van der Waals surface area (Å²) in [4.78, 5) is 39.7. The van der Waals surface area contributed by atoms with Gasteiger partial charge < -0.3 is 14.5 Å². The predicted molar refractivity (Wildman–Crippen MR) is 117 cm³/mol. The van der Waals surface area contributed by atoms with Crippen molar-refractivity contribution in [2.45, 2.75) is 32.7 Å². The quantitative estimate of drug-likeness (QED) is 0.747. The van der Waals surface area contributed by atoms with E-state index in [2.05, 4.69) is 22.9 Å². The molecule has 4 heterocycles. The van der Waals surface area contributed by atoms with Gasteiger partial charge in [0.2, 0.25) is 0 Å². The zero-order valence-corrected chi connectivity index (χ0v) is 18.2. The summed E-state index contributed by atoms with van der Waals surface area (Å²) >= 11 is 0. The van der Waals surface area contributed by atoms with E-state index in [1.807, 2.05) is 11.8 Å². The SMILES string of the molecule is CC1=CC(C2CC2)CN=C1N1CCN(C(=O)c2ccc(N3C(=O)OC[C@H]3C)cn2)CC1. The van der Waals surface area contributed by atoms with Crippen LogP contribution < -0.4 is 4.90 Å². The van der Waals surface area contributed by atoms with Crippen LogP contribution in [0.15, 0.2) is 35.0 Å². The summed E-state index contributed by atoms with van der Waals surface area (Å²) in [6.45, 7) is 8.20. The number of aliphatic imine (C=N–C) groups is 1. The zero-order chi connectivity index (χ0) is 21.5. The maximum absolute atomic E-state index is 12.9. The minimum absolute atomic E-state index is 0.0382. The largest absolute Gasteiger partial charge is 0.447 e. The maximum atomic E-state index is 12.9. The molecule has 8 nitrogen and oxygen atoms in total. The Kier molecular flexibility index (Phi) is 5.16. The van der Waals surface area contributed by atoms with Gasteiger partial charge in [-0.2, -0.15) is 0 Å². The zero-order valence-electron chi connectivity index (χ0n) is 18.2. The maximum Gasteiger partial charge on any atom is 0.414 e. The van der Waals surface area contributed by atoms with Gasteiger partial charge in [-0.25, -0.2) is 9.78 Å². The number of dihydropyridines is 1. The van der Waals surface area contributed by atoms with E-state index in [9.17, 15) is 9.59 Å². The summed E-state index contributed by atoms with van der Waals surface area (Å²) < 4.78 is 5.06. The van der Waals surface area contributed by atoms with Crippen molar-refractivity contribution in [2.75, 3.05) is 44.2 Å². The van der Waals surface area contributed by atoms with E-state index in [0.717, 1.165) is 31.4 Å². The normalized spacial score (nSPS) is 26.5. The molecule has 0 N–H and O–H groups in total. The van der Waals surface area contributed by atoms with Crippen LogP contribution in [0.1, 0.15) is 37.2 Å². The van der Waals surface area contributed by atoms with E-state index in [0.29, 0.717) is 37.0 Å². The molecule has 3 aliphatic heterocycles. The first-order chi connectivity index (χ1) is 15.0. The lowest BCUT2D eigenvalue weighted by Crippen LogP contribution is -2.51. The van der Waals surface area contributed by atoms with Gasteiger partial charge in [-0.15, -0.1) is 0 Å². The van der Waals surface area contributed by atoms with Crippen molar-refractivity contribution < 1.29 is 14.3 Å². The third kappa shape index (κ3) is 3.91. The molecule has 1 unspecified atom stereocenters. The molecule has 3 fully saturated rings. The Morgan fingerprint density at radius 3 is 2.52 bits per heavy atom. The predicted octanol–water partition coefficient (Wildman–Crippen LogP) is 2.57. The molecule has 5 rings (SSSR count). The number of anilines is 1. The summed E-state index contributed by atoms with van der Waals surface area (Å²) in [6, 6.07) is 3.42. The van der Waals surface area contributed by atoms with E-state index < -0.39 is 0 Å². The fraction of sp³-hybridized carbons (Fsp3) is 0.565. The highest BCUT2D eigenvalue weighted by Crippen LogP contribution is 2.39. The first-order valence-electron chi connectivity index (χ1n) is 11.2. The van der Waals surface area contributed by atoms with E-state index in [1.54, 1.807) is 23.2 Å². The number of hydrogen-bond donors (Lipinski definition) is 0. The van der Waals surface area contributed by atoms with Crippen LogP contribution in [-0.4, -0.2) is 78.0 Å². The molecule has 0 aromatic carbocycles. The molecule has 0 spiro atoms. The number of rotatable bonds is 3. The van der Waals surface area contributed by atoms with Gasteiger partial charge in [-0.05, 0) is 56.2 Å². The molecule has 8 heteroatoms. The first-order valence-corrected chi connectivity index (χ1v) is 11.2. The fourth-order valence-corrected chi connectivity index (χ4v) is 4.74. The molecule has 2 saturated heterocycles. The van der Waals surface area contributed by atoms with E-state index >= 15 is 0 Å². The van der Waals surface area contributed by atoms with Gasteiger partial charge in [0.1, 0.15) is 18.1 Å². The molecule has 1 aromatic rings. The molecule has 1 saturated carbocycles. The van der Waals surface area contributed by atoms with Gasteiger partial charge >= 0.3 is 6.09 Å². The molecule has 1 aliphatic carbocycles. The molecule has 2 amide bonds. The molecule has 31 heavy (non-hydrogen) atoms. The van der Waals surface area contributed by atoms with Crippen molar-refractivity contribution in [3.05, 3.63) is 35.7 Å². The van der Waals surface area contributed by atoms with Gasteiger partial charge in [0.25, 0.3) is 5.91 Å². The van der Waals surface area contributed by atoms with Gasteiger partial charge in [-0.1, -0.05) is 6.08 Å². The lowest BCUT2D eigenvalue weighted by molar-refractivity contribution is 0.0686. The molecule has 164 valence electrons. The van der Waals surface area contributed by atoms with Gasteiger partial charge in [0.05, 0.1) is 17.9 Å². The van der Waals surface area contributed by atoms with E-state index in [4.69, 9.17) is 9.73 Å². The van der Waals surface area contributed by atoms with Gasteiger partial charge in [0, 0.05) is 32.7 Å². The monoisotopic (exact) mass is 423 g/mol.